The van der Waals surface area contributed by atoms with Crippen LogP contribution in [0.1, 0.15) is 36.2 Å². The number of benzene rings is 1. The Balaban J connectivity index is 2.47. The number of fused-ring (bicyclic) bond motifs is 1. The maximum Gasteiger partial charge on any atom is 0.323 e. The summed E-state index contributed by atoms with van der Waals surface area (Å²) in [7, 11) is 0. The van der Waals surface area contributed by atoms with Crippen LogP contribution in [0.3, 0.4) is 0 Å². The van der Waals surface area contributed by atoms with Gasteiger partial charge in [-0.25, -0.2) is 0 Å². The average molecular weight is 289 g/mol. The molecule has 6 nitrogen and oxygen atoms in total. The van der Waals surface area contributed by atoms with Gasteiger partial charge in [0.15, 0.2) is 0 Å². The monoisotopic (exact) mass is 289 g/mol. The number of H-pyrrole nitrogens is 1. The molecule has 1 amide bonds. The fourth-order valence-electron chi connectivity index (χ4n) is 2.32. The van der Waals surface area contributed by atoms with Crippen LogP contribution in [0.15, 0.2) is 18.3 Å². The van der Waals surface area contributed by atoms with Crippen molar-refractivity contribution in [1.82, 2.24) is 15.1 Å². The van der Waals surface area contributed by atoms with E-state index in [0.29, 0.717) is 17.5 Å². The molecule has 0 aliphatic rings. The van der Waals surface area contributed by atoms with Crippen molar-refractivity contribution in [3.8, 4) is 0 Å². The first kappa shape index (κ1) is 15.0. The van der Waals surface area contributed by atoms with Crippen LogP contribution in [0.2, 0.25) is 0 Å². The fraction of sp³-hybridized carbons (Fsp3) is 0.400. The van der Waals surface area contributed by atoms with E-state index in [1.165, 1.54) is 4.90 Å². The molecular formula is C15H19N3O3. The number of hydrogen-bond acceptors (Lipinski definition) is 3. The molecule has 2 aromatic rings. The number of aromatic amines is 1. The van der Waals surface area contributed by atoms with E-state index in [0.717, 1.165) is 10.9 Å². The Morgan fingerprint density at radius 2 is 2.14 bits per heavy atom. The molecular weight excluding hydrogens is 270 g/mol. The minimum absolute atomic E-state index is 0.146. The lowest BCUT2D eigenvalue weighted by molar-refractivity contribution is -0.138. The summed E-state index contributed by atoms with van der Waals surface area (Å²) in [5.74, 6) is -1.30. The molecule has 0 aliphatic heterocycles. The summed E-state index contributed by atoms with van der Waals surface area (Å²) in [6.07, 6.45) is 2.35. The largest absolute Gasteiger partial charge is 0.480 e. The third-order valence-corrected chi connectivity index (χ3v) is 3.61. The summed E-state index contributed by atoms with van der Waals surface area (Å²) in [4.78, 5) is 25.2. The molecule has 21 heavy (non-hydrogen) atoms. The minimum Gasteiger partial charge on any atom is -0.480 e. The molecule has 0 bridgehead atoms. The topological polar surface area (TPSA) is 86.3 Å². The van der Waals surface area contributed by atoms with Crippen molar-refractivity contribution >= 4 is 22.8 Å². The number of aliphatic carboxylic acids is 1. The van der Waals surface area contributed by atoms with Crippen LogP contribution < -0.4 is 0 Å². The highest BCUT2D eigenvalue weighted by molar-refractivity contribution is 6.06. The molecule has 0 radical (unpaired) electrons. The van der Waals surface area contributed by atoms with Gasteiger partial charge in [-0.05, 0) is 38.0 Å². The number of carbonyl (C=O) groups is 2. The molecule has 0 saturated heterocycles. The van der Waals surface area contributed by atoms with Crippen LogP contribution in [0, 0.1) is 6.92 Å². The van der Waals surface area contributed by atoms with Gasteiger partial charge in [0, 0.05) is 11.4 Å². The molecule has 2 N–H and O–H groups in total. The molecule has 112 valence electrons. The van der Waals surface area contributed by atoms with Crippen molar-refractivity contribution in [2.75, 3.05) is 6.54 Å². The molecule has 0 spiro atoms. The normalized spacial score (nSPS) is 12.3. The smallest absolute Gasteiger partial charge is 0.323 e. The van der Waals surface area contributed by atoms with Crippen LogP contribution in [0.5, 0.6) is 0 Å². The van der Waals surface area contributed by atoms with Gasteiger partial charge < -0.3 is 10.0 Å². The second-order valence-corrected chi connectivity index (χ2v) is 5.23. The molecule has 6 heteroatoms. The van der Waals surface area contributed by atoms with Gasteiger partial charge in [-0.15, -0.1) is 0 Å². The van der Waals surface area contributed by atoms with Gasteiger partial charge >= 0.3 is 5.97 Å². The molecule has 1 aromatic carbocycles. The summed E-state index contributed by atoms with van der Waals surface area (Å²) in [6.45, 7) is 5.36. The van der Waals surface area contributed by atoms with Gasteiger partial charge in [0.25, 0.3) is 5.91 Å². The highest BCUT2D eigenvalue weighted by Gasteiger charge is 2.25. The van der Waals surface area contributed by atoms with E-state index in [1.807, 2.05) is 26.8 Å². The summed E-state index contributed by atoms with van der Waals surface area (Å²) in [5.41, 5.74) is 2.04. The van der Waals surface area contributed by atoms with Gasteiger partial charge in [0.05, 0.1) is 17.3 Å². The number of nitrogens with one attached hydrogen (secondary N) is 1. The number of aromatic nitrogens is 2. The van der Waals surface area contributed by atoms with Gasteiger partial charge in [-0.1, -0.05) is 6.92 Å². The SMILES string of the molecule is CCC(C)N(CC(=O)O)C(=O)c1cc(C)cc2cn[nH]c12. The van der Waals surface area contributed by atoms with Crippen LogP contribution >= 0.6 is 0 Å². The Morgan fingerprint density at radius 1 is 1.43 bits per heavy atom. The van der Waals surface area contributed by atoms with Gasteiger partial charge in [0.1, 0.15) is 6.54 Å². The summed E-state index contributed by atoms with van der Waals surface area (Å²) >= 11 is 0. The zero-order chi connectivity index (χ0) is 15.6. The summed E-state index contributed by atoms with van der Waals surface area (Å²) in [6, 6.07) is 3.55. The zero-order valence-corrected chi connectivity index (χ0v) is 12.4. The first-order chi connectivity index (χ1) is 9.93. The fourth-order valence-corrected chi connectivity index (χ4v) is 2.32. The number of amides is 1. The number of carboxylic acids is 1. The molecule has 1 heterocycles. The standard InChI is InChI=1S/C15H19N3O3/c1-4-10(3)18(8-13(19)20)15(21)12-6-9(2)5-11-7-16-17-14(11)12/h5-7,10H,4,8H2,1-3H3,(H,16,17)(H,19,20). The average Bonchev–Trinajstić information content (AvgIpc) is 2.90. The lowest BCUT2D eigenvalue weighted by atomic mass is 10.1. The maximum absolute atomic E-state index is 12.8. The lowest BCUT2D eigenvalue weighted by Crippen LogP contribution is -2.42. The van der Waals surface area contributed by atoms with Crippen LogP contribution in [0.4, 0.5) is 0 Å². The number of carboxylic acid groups (broad SMARTS) is 1. The number of aryl methyl sites for hydroxylation is 1. The van der Waals surface area contributed by atoms with Gasteiger partial charge in [-0.3, -0.25) is 14.7 Å². The van der Waals surface area contributed by atoms with Crippen molar-refractivity contribution < 1.29 is 14.7 Å². The molecule has 2 rings (SSSR count). The third-order valence-electron chi connectivity index (χ3n) is 3.61. The zero-order valence-electron chi connectivity index (χ0n) is 12.4. The van der Waals surface area contributed by atoms with Crippen molar-refractivity contribution in [2.45, 2.75) is 33.2 Å². The van der Waals surface area contributed by atoms with E-state index in [2.05, 4.69) is 10.2 Å². The van der Waals surface area contributed by atoms with E-state index in [-0.39, 0.29) is 18.5 Å². The Hall–Kier alpha value is -2.37. The number of hydrogen-bond donors (Lipinski definition) is 2. The quantitative estimate of drug-likeness (QED) is 0.883. The van der Waals surface area contributed by atoms with Gasteiger partial charge in [0.2, 0.25) is 0 Å². The number of rotatable bonds is 5. The highest BCUT2D eigenvalue weighted by atomic mass is 16.4. The first-order valence-electron chi connectivity index (χ1n) is 6.90. The predicted molar refractivity (Wildman–Crippen MR) is 79.3 cm³/mol. The molecule has 1 unspecified atom stereocenters. The first-order valence-corrected chi connectivity index (χ1v) is 6.90. The molecule has 0 fully saturated rings. The molecule has 0 aliphatic carbocycles. The van der Waals surface area contributed by atoms with E-state index < -0.39 is 5.97 Å². The van der Waals surface area contributed by atoms with Crippen molar-refractivity contribution in [3.63, 3.8) is 0 Å². The summed E-state index contributed by atoms with van der Waals surface area (Å²) in [5, 5.41) is 16.7. The van der Waals surface area contributed by atoms with Crippen molar-refractivity contribution in [3.05, 3.63) is 29.5 Å². The van der Waals surface area contributed by atoms with E-state index >= 15 is 0 Å². The van der Waals surface area contributed by atoms with Crippen LogP contribution in [-0.2, 0) is 4.79 Å². The molecule has 1 atom stereocenters. The van der Waals surface area contributed by atoms with Crippen molar-refractivity contribution in [1.29, 1.82) is 0 Å². The number of carbonyl (C=O) groups excluding carboxylic acids is 1. The molecule has 1 aromatic heterocycles. The predicted octanol–water partition coefficient (Wildman–Crippen LogP) is 2.20. The van der Waals surface area contributed by atoms with Crippen LogP contribution in [-0.4, -0.2) is 44.7 Å². The number of nitrogens with zero attached hydrogens (tertiary/aromatic N) is 2. The Bertz CT molecular complexity index is 678. The summed E-state index contributed by atoms with van der Waals surface area (Å²) < 4.78 is 0. The van der Waals surface area contributed by atoms with Gasteiger partial charge in [-0.2, -0.15) is 5.10 Å². The Morgan fingerprint density at radius 3 is 2.76 bits per heavy atom. The second kappa shape index (κ2) is 5.95. The maximum atomic E-state index is 12.8. The lowest BCUT2D eigenvalue weighted by Gasteiger charge is -2.27. The third kappa shape index (κ3) is 3.04. The highest BCUT2D eigenvalue weighted by Crippen LogP contribution is 2.21. The second-order valence-electron chi connectivity index (χ2n) is 5.23. The van der Waals surface area contributed by atoms with Crippen LogP contribution in [0.25, 0.3) is 10.9 Å². The minimum atomic E-state index is -1.02. The van der Waals surface area contributed by atoms with E-state index in [1.54, 1.807) is 12.3 Å². The van der Waals surface area contributed by atoms with E-state index in [9.17, 15) is 9.59 Å². The van der Waals surface area contributed by atoms with Crippen molar-refractivity contribution in [2.24, 2.45) is 0 Å². The van der Waals surface area contributed by atoms with E-state index in [4.69, 9.17) is 5.11 Å². The Kier molecular flexibility index (Phi) is 4.26. The molecule has 0 saturated carbocycles. The Labute approximate surface area is 122 Å².